The third-order valence-corrected chi connectivity index (χ3v) is 5.26. The molecule has 3 N–H and O–H groups in total. The fraction of sp³-hybridized carbons (Fsp3) is 0.412. The molecule has 1 saturated heterocycles. The molecule has 0 aliphatic carbocycles. The Bertz CT molecular complexity index is 703. The van der Waals surface area contributed by atoms with Crippen LogP contribution < -0.4 is 16.0 Å². The van der Waals surface area contributed by atoms with E-state index in [4.69, 9.17) is 4.42 Å². The van der Waals surface area contributed by atoms with E-state index >= 15 is 0 Å². The van der Waals surface area contributed by atoms with Crippen LogP contribution in [0.3, 0.4) is 0 Å². The van der Waals surface area contributed by atoms with Crippen molar-refractivity contribution in [3.8, 4) is 0 Å². The Balaban J connectivity index is 1.54. The van der Waals surface area contributed by atoms with Crippen molar-refractivity contribution in [3.63, 3.8) is 0 Å². The fourth-order valence-electron chi connectivity index (χ4n) is 2.78. The molecule has 1 aliphatic rings. The molecule has 3 rings (SSSR count). The SMILES string of the molecule is Cc1cc(NC(=O)c2ccco2)sc1C(=O)NCCC1CCNC1. The first-order chi connectivity index (χ1) is 11.6. The molecule has 128 valence electrons. The predicted octanol–water partition coefficient (Wildman–Crippen LogP) is 2.63. The number of rotatable bonds is 6. The zero-order valence-electron chi connectivity index (χ0n) is 13.6. The summed E-state index contributed by atoms with van der Waals surface area (Å²) in [7, 11) is 0. The van der Waals surface area contributed by atoms with E-state index in [1.54, 1.807) is 18.2 Å². The number of thiophene rings is 1. The smallest absolute Gasteiger partial charge is 0.291 e. The van der Waals surface area contributed by atoms with Crippen molar-refractivity contribution in [2.75, 3.05) is 25.0 Å². The Labute approximate surface area is 144 Å². The van der Waals surface area contributed by atoms with E-state index in [2.05, 4.69) is 16.0 Å². The van der Waals surface area contributed by atoms with Gasteiger partial charge in [0.05, 0.1) is 16.1 Å². The maximum Gasteiger partial charge on any atom is 0.291 e. The first-order valence-corrected chi connectivity index (χ1v) is 8.89. The molecule has 7 heteroatoms. The summed E-state index contributed by atoms with van der Waals surface area (Å²) in [6.45, 7) is 4.66. The number of hydrogen-bond donors (Lipinski definition) is 3. The predicted molar refractivity (Wildman–Crippen MR) is 93.6 cm³/mol. The average molecular weight is 347 g/mol. The third-order valence-electron chi connectivity index (χ3n) is 4.11. The summed E-state index contributed by atoms with van der Waals surface area (Å²) in [4.78, 5) is 24.9. The molecule has 0 radical (unpaired) electrons. The lowest BCUT2D eigenvalue weighted by atomic mass is 10.1. The number of amides is 2. The van der Waals surface area contributed by atoms with Gasteiger partial charge in [0.2, 0.25) is 0 Å². The summed E-state index contributed by atoms with van der Waals surface area (Å²) in [5.74, 6) is 0.499. The Morgan fingerprint density at radius 2 is 2.29 bits per heavy atom. The Morgan fingerprint density at radius 3 is 3.00 bits per heavy atom. The van der Waals surface area contributed by atoms with Crippen LogP contribution >= 0.6 is 11.3 Å². The highest BCUT2D eigenvalue weighted by molar-refractivity contribution is 7.18. The summed E-state index contributed by atoms with van der Waals surface area (Å²) in [6.07, 6.45) is 3.62. The van der Waals surface area contributed by atoms with Gasteiger partial charge in [0.25, 0.3) is 11.8 Å². The molecule has 1 unspecified atom stereocenters. The van der Waals surface area contributed by atoms with Gasteiger partial charge >= 0.3 is 0 Å². The minimum absolute atomic E-state index is 0.0815. The Kier molecular flexibility index (Phi) is 5.32. The molecule has 0 bridgehead atoms. The van der Waals surface area contributed by atoms with Crippen LogP contribution in [0.1, 0.15) is 38.6 Å². The number of nitrogens with one attached hydrogen (secondary N) is 3. The van der Waals surface area contributed by atoms with Crippen molar-refractivity contribution in [2.45, 2.75) is 19.8 Å². The van der Waals surface area contributed by atoms with Crippen LogP contribution in [0.2, 0.25) is 0 Å². The summed E-state index contributed by atoms with van der Waals surface area (Å²) in [5, 5.41) is 9.70. The molecule has 3 heterocycles. The van der Waals surface area contributed by atoms with E-state index in [9.17, 15) is 9.59 Å². The van der Waals surface area contributed by atoms with Crippen LogP contribution in [0.4, 0.5) is 5.00 Å². The minimum Gasteiger partial charge on any atom is -0.459 e. The second kappa shape index (κ2) is 7.63. The molecular formula is C17H21N3O3S. The zero-order chi connectivity index (χ0) is 16.9. The molecule has 1 aliphatic heterocycles. The van der Waals surface area contributed by atoms with Gasteiger partial charge in [0.15, 0.2) is 5.76 Å². The molecule has 6 nitrogen and oxygen atoms in total. The summed E-state index contributed by atoms with van der Waals surface area (Å²) in [5.41, 5.74) is 0.856. The van der Waals surface area contributed by atoms with Crippen molar-refractivity contribution in [3.05, 3.63) is 40.7 Å². The highest BCUT2D eigenvalue weighted by Gasteiger charge is 2.18. The standard InChI is InChI=1S/C17H21N3O3S/c1-11-9-14(20-16(21)13-3-2-8-23-13)24-15(11)17(22)19-7-5-12-4-6-18-10-12/h2-3,8-9,12,18H,4-7,10H2,1H3,(H,19,22)(H,20,21). The lowest BCUT2D eigenvalue weighted by Crippen LogP contribution is -2.26. The maximum absolute atomic E-state index is 12.3. The first-order valence-electron chi connectivity index (χ1n) is 8.07. The van der Waals surface area contributed by atoms with Crippen molar-refractivity contribution in [1.82, 2.24) is 10.6 Å². The second-order valence-corrected chi connectivity index (χ2v) is 7.01. The largest absolute Gasteiger partial charge is 0.459 e. The molecule has 2 amide bonds. The van der Waals surface area contributed by atoms with Crippen molar-refractivity contribution >= 4 is 28.2 Å². The van der Waals surface area contributed by atoms with E-state index in [1.165, 1.54) is 24.0 Å². The Morgan fingerprint density at radius 1 is 1.42 bits per heavy atom. The van der Waals surface area contributed by atoms with Gasteiger partial charge in [-0.05, 0) is 62.5 Å². The maximum atomic E-state index is 12.3. The number of furan rings is 1. The monoisotopic (exact) mass is 347 g/mol. The minimum atomic E-state index is -0.318. The molecule has 0 saturated carbocycles. The van der Waals surface area contributed by atoms with Crippen LogP contribution in [0, 0.1) is 12.8 Å². The molecular weight excluding hydrogens is 326 g/mol. The van der Waals surface area contributed by atoms with Crippen LogP contribution in [0.5, 0.6) is 0 Å². The second-order valence-electron chi connectivity index (χ2n) is 5.96. The molecule has 1 atom stereocenters. The van der Waals surface area contributed by atoms with Crippen molar-refractivity contribution in [1.29, 1.82) is 0 Å². The van der Waals surface area contributed by atoms with Crippen LogP contribution in [-0.4, -0.2) is 31.4 Å². The quantitative estimate of drug-likeness (QED) is 0.750. The lowest BCUT2D eigenvalue weighted by Gasteiger charge is -2.09. The van der Waals surface area contributed by atoms with Gasteiger partial charge in [-0.15, -0.1) is 11.3 Å². The Hall–Kier alpha value is -2.12. The van der Waals surface area contributed by atoms with Gasteiger partial charge in [0.1, 0.15) is 0 Å². The number of hydrogen-bond acceptors (Lipinski definition) is 5. The van der Waals surface area contributed by atoms with Crippen molar-refractivity contribution in [2.24, 2.45) is 5.92 Å². The van der Waals surface area contributed by atoms with Gasteiger partial charge < -0.3 is 20.4 Å². The third kappa shape index (κ3) is 4.04. The van der Waals surface area contributed by atoms with Gasteiger partial charge in [-0.25, -0.2) is 0 Å². The highest BCUT2D eigenvalue weighted by atomic mass is 32.1. The van der Waals surface area contributed by atoms with E-state index in [-0.39, 0.29) is 17.6 Å². The van der Waals surface area contributed by atoms with E-state index in [1.807, 2.05) is 6.92 Å². The van der Waals surface area contributed by atoms with Crippen LogP contribution in [0.25, 0.3) is 0 Å². The molecule has 0 spiro atoms. The van der Waals surface area contributed by atoms with Gasteiger partial charge in [-0.2, -0.15) is 0 Å². The lowest BCUT2D eigenvalue weighted by molar-refractivity contribution is 0.0953. The van der Waals surface area contributed by atoms with Crippen LogP contribution in [0.15, 0.2) is 28.9 Å². The normalized spacial score (nSPS) is 17.0. The summed E-state index contributed by atoms with van der Waals surface area (Å²) in [6, 6.07) is 5.07. The zero-order valence-corrected chi connectivity index (χ0v) is 14.4. The molecule has 0 aromatic carbocycles. The van der Waals surface area contributed by atoms with E-state index in [0.717, 1.165) is 25.1 Å². The van der Waals surface area contributed by atoms with Crippen LogP contribution in [-0.2, 0) is 0 Å². The first kappa shape index (κ1) is 16.7. The summed E-state index contributed by atoms with van der Waals surface area (Å²) >= 11 is 1.28. The number of carbonyl (C=O) groups excluding carboxylic acids is 2. The van der Waals surface area contributed by atoms with Gasteiger partial charge in [-0.1, -0.05) is 0 Å². The molecule has 24 heavy (non-hydrogen) atoms. The van der Waals surface area contributed by atoms with Crippen molar-refractivity contribution < 1.29 is 14.0 Å². The topological polar surface area (TPSA) is 83.4 Å². The highest BCUT2D eigenvalue weighted by Crippen LogP contribution is 2.27. The number of aryl methyl sites for hydroxylation is 1. The van der Waals surface area contributed by atoms with E-state index < -0.39 is 0 Å². The molecule has 1 fully saturated rings. The average Bonchev–Trinajstić information content (AvgIpc) is 3.28. The van der Waals surface area contributed by atoms with Gasteiger partial charge in [-0.3, -0.25) is 9.59 Å². The summed E-state index contributed by atoms with van der Waals surface area (Å²) < 4.78 is 5.06. The van der Waals surface area contributed by atoms with E-state index in [0.29, 0.717) is 22.3 Å². The number of carbonyl (C=O) groups is 2. The van der Waals surface area contributed by atoms with Gasteiger partial charge in [0, 0.05) is 6.54 Å². The fourth-order valence-corrected chi connectivity index (χ4v) is 3.77. The number of anilines is 1. The molecule has 2 aromatic heterocycles. The molecule has 2 aromatic rings.